The molecule has 26 nitrogen and oxygen atoms in total. The molecular weight excluding hydrogens is 1110 g/mol. The minimum atomic E-state index is -2.02. The average molecular weight is 1200 g/mol. The van der Waals surface area contributed by atoms with Gasteiger partial charge in [-0.15, -0.1) is 0 Å². The smallest absolute Gasteiger partial charge is 0.303 e. The van der Waals surface area contributed by atoms with Crippen molar-refractivity contribution in [3.8, 4) is 0 Å². The first kappa shape index (κ1) is 72.4. The highest BCUT2D eigenvalue weighted by molar-refractivity contribution is 5.87. The molecule has 0 unspecified atom stereocenters. The number of hydrogen-bond acceptors (Lipinski definition) is 26. The summed E-state index contributed by atoms with van der Waals surface area (Å²) in [6.45, 7) is 11.2. The molecule has 8 N–H and O–H groups in total. The fraction of sp³-hybridized carbons (Fsp3) is 0.655. The van der Waals surface area contributed by atoms with Crippen LogP contribution in [0.1, 0.15) is 93.2 Å². The normalized spacial score (nSPS) is 25.8. The summed E-state index contributed by atoms with van der Waals surface area (Å²) >= 11 is 0. The van der Waals surface area contributed by atoms with Crippen molar-refractivity contribution in [1.82, 2.24) is 0 Å². The maximum atomic E-state index is 14.0. The second kappa shape index (κ2) is 35.5. The lowest BCUT2D eigenvalue weighted by atomic mass is 9.84. The van der Waals surface area contributed by atoms with Crippen LogP contribution in [0.3, 0.4) is 0 Å². The van der Waals surface area contributed by atoms with Crippen LogP contribution in [-0.2, 0) is 98.6 Å². The molecule has 2 fully saturated rings. The lowest BCUT2D eigenvalue weighted by molar-refractivity contribution is -0.326. The maximum absolute atomic E-state index is 14.0. The van der Waals surface area contributed by atoms with E-state index in [4.69, 9.17) is 47.4 Å². The van der Waals surface area contributed by atoms with Crippen LogP contribution in [0.15, 0.2) is 60.7 Å². The largest absolute Gasteiger partial charge is 0.463 e. The zero-order valence-corrected chi connectivity index (χ0v) is 48.9. The van der Waals surface area contributed by atoms with E-state index in [1.54, 1.807) is 20.8 Å². The first-order valence-corrected chi connectivity index (χ1v) is 27.5. The molecule has 4 rings (SSSR count). The molecule has 2 aromatic rings. The van der Waals surface area contributed by atoms with Gasteiger partial charge < -0.3 is 88.2 Å². The van der Waals surface area contributed by atoms with E-state index >= 15 is 0 Å². The Morgan fingerprint density at radius 3 is 1.52 bits per heavy atom. The molecule has 2 heterocycles. The predicted octanol–water partition coefficient (Wildman–Crippen LogP) is 0.144. The highest BCUT2D eigenvalue weighted by Crippen LogP contribution is 2.36. The molecule has 20 atom stereocenters. The van der Waals surface area contributed by atoms with E-state index in [1.165, 1.54) is 13.8 Å². The van der Waals surface area contributed by atoms with Crippen LogP contribution in [0.2, 0.25) is 0 Å². The Kier molecular flexibility index (Phi) is 30.6. The first-order valence-electron chi connectivity index (χ1n) is 27.5. The number of esters is 6. The molecule has 2 aliphatic heterocycles. The van der Waals surface area contributed by atoms with Crippen LogP contribution in [0.5, 0.6) is 0 Å². The zero-order chi connectivity index (χ0) is 63.1. The third-order valence-electron chi connectivity index (χ3n) is 13.8. The number of ketones is 2. The topological polar surface area (TPSA) is 391 Å². The molecular formula is C58H84O26. The van der Waals surface area contributed by atoms with E-state index < -0.39 is 177 Å². The van der Waals surface area contributed by atoms with Crippen molar-refractivity contribution in [3.63, 3.8) is 0 Å². The highest BCUT2D eigenvalue weighted by atomic mass is 16.7. The van der Waals surface area contributed by atoms with Crippen LogP contribution < -0.4 is 0 Å². The van der Waals surface area contributed by atoms with Gasteiger partial charge in [0, 0.05) is 66.2 Å². The van der Waals surface area contributed by atoms with Crippen LogP contribution in [0.4, 0.5) is 0 Å². The van der Waals surface area contributed by atoms with E-state index in [0.717, 1.165) is 38.8 Å². The van der Waals surface area contributed by atoms with Crippen LogP contribution in [0.25, 0.3) is 0 Å². The van der Waals surface area contributed by atoms with E-state index in [-0.39, 0.29) is 31.3 Å². The number of aliphatic hydroxyl groups excluding tert-OH is 8. The molecule has 26 heteroatoms. The Bertz CT molecular complexity index is 2390. The number of carbonyl (C=O) groups excluding carboxylic acids is 8. The molecule has 0 aliphatic carbocycles. The fourth-order valence-electron chi connectivity index (χ4n) is 9.56. The van der Waals surface area contributed by atoms with Gasteiger partial charge in [-0.2, -0.15) is 0 Å². The van der Waals surface area contributed by atoms with Crippen molar-refractivity contribution in [2.75, 3.05) is 26.4 Å². The van der Waals surface area contributed by atoms with Gasteiger partial charge in [0.1, 0.15) is 80.4 Å². The lowest BCUT2D eigenvalue weighted by Crippen LogP contribution is -2.61. The standard InChI is InChI=1S/C36H50O15.C22H34O11/c1-19(15-28-13-11-10-12-14-28)16-29(43)33(48-26(8)41)35(49-27(9)42)34(31(46-24(6)39)18-45-23(5)38)51-36-21(3)20(2)32(47-25(7)40)30(50-36)17-44-22(4)37;1-11(7-12-5-3-2-4-6-12)8-13(25)16(27)19(30)21(14(26)9-23)33-22-20(31)18(29)17(28)15(10-24)32-22/h10-14,19-21,30-36H,15-18H2,1-9H3;2-6,11,14-24,26-31H,7-10H2,1H3/t19-,20+,21+,30+,31+,32+,33-,34+,35+,36-;11-,14+,15+,16-,17-,18-,19+,20+,21+,22-/m00/s1. The summed E-state index contributed by atoms with van der Waals surface area (Å²) in [6.07, 6.45) is -25.0. The van der Waals surface area contributed by atoms with Crippen molar-refractivity contribution in [3.05, 3.63) is 71.8 Å². The molecule has 0 spiro atoms. The summed E-state index contributed by atoms with van der Waals surface area (Å²) in [5.74, 6) is -7.51. The minimum absolute atomic E-state index is 0.0882. The van der Waals surface area contributed by atoms with Gasteiger partial charge in [0.2, 0.25) is 0 Å². The molecule has 0 radical (unpaired) electrons. The van der Waals surface area contributed by atoms with Gasteiger partial charge in [0.05, 0.1) is 13.2 Å². The van der Waals surface area contributed by atoms with Crippen molar-refractivity contribution >= 4 is 47.4 Å². The molecule has 0 saturated carbocycles. The quantitative estimate of drug-likeness (QED) is 0.0381. The summed E-state index contributed by atoms with van der Waals surface area (Å²) < 4.78 is 55.7. The van der Waals surface area contributed by atoms with E-state index in [2.05, 4.69) is 0 Å². The average Bonchev–Trinajstić information content (AvgIpc) is 2.25. The first-order chi connectivity index (χ1) is 39.5. The van der Waals surface area contributed by atoms with E-state index in [1.807, 2.05) is 67.6 Å². The van der Waals surface area contributed by atoms with Crippen molar-refractivity contribution in [2.24, 2.45) is 23.7 Å². The van der Waals surface area contributed by atoms with Crippen LogP contribution in [-0.4, -0.2) is 213 Å². The number of Topliss-reactive ketones (excluding diaryl/α,β-unsaturated/α-hetero) is 2. The molecule has 472 valence electrons. The number of aliphatic hydroxyl groups is 8. The summed E-state index contributed by atoms with van der Waals surface area (Å²) in [5.41, 5.74) is 1.95. The number of rotatable bonds is 30. The molecule has 0 bridgehead atoms. The Labute approximate surface area is 487 Å². The molecule has 2 aliphatic rings. The molecule has 0 aromatic heterocycles. The Hall–Kier alpha value is -5.88. The van der Waals surface area contributed by atoms with Gasteiger partial charge in [-0.05, 0) is 35.8 Å². The summed E-state index contributed by atoms with van der Waals surface area (Å²) in [5, 5.41) is 79.5. The van der Waals surface area contributed by atoms with Crippen molar-refractivity contribution in [2.45, 2.75) is 193 Å². The van der Waals surface area contributed by atoms with Crippen molar-refractivity contribution in [1.29, 1.82) is 0 Å². The van der Waals surface area contributed by atoms with E-state index in [9.17, 15) is 79.2 Å². The molecule has 0 amide bonds. The molecule has 2 aromatic carbocycles. The Balaban J connectivity index is 0.000000482. The van der Waals surface area contributed by atoms with Gasteiger partial charge in [-0.3, -0.25) is 38.4 Å². The second-order valence-corrected chi connectivity index (χ2v) is 21.2. The van der Waals surface area contributed by atoms with Gasteiger partial charge >= 0.3 is 35.8 Å². The summed E-state index contributed by atoms with van der Waals surface area (Å²) in [7, 11) is 0. The Morgan fingerprint density at radius 2 is 1.05 bits per heavy atom. The zero-order valence-electron chi connectivity index (χ0n) is 48.9. The third-order valence-corrected chi connectivity index (χ3v) is 13.8. The summed E-state index contributed by atoms with van der Waals surface area (Å²) in [4.78, 5) is 99.7. The van der Waals surface area contributed by atoms with Gasteiger partial charge in [0.25, 0.3) is 0 Å². The number of carbonyl (C=O) groups is 8. The van der Waals surface area contributed by atoms with Gasteiger partial charge in [0.15, 0.2) is 42.5 Å². The maximum Gasteiger partial charge on any atom is 0.303 e. The third kappa shape index (κ3) is 23.2. The molecule has 84 heavy (non-hydrogen) atoms. The summed E-state index contributed by atoms with van der Waals surface area (Å²) in [6, 6.07) is 18.8. The molecule has 2 saturated heterocycles. The lowest BCUT2D eigenvalue weighted by Gasteiger charge is -2.46. The van der Waals surface area contributed by atoms with E-state index in [0.29, 0.717) is 12.8 Å². The SMILES string of the molecule is CC(=O)OC[C@H]1O[C@@H](O[C@@H]([C@H](OC(C)=O)[C@@H](OC(C)=O)C(=O)C[C@@H](C)Cc2ccccc2)[C@@H](COC(C)=O)OC(C)=O)[C@H](C)[C@@H](C)[C@H]1OC(C)=O.C[C@H](CC(=O)[C@H](O)[C@@H](O)[C@H](O[C@@H]1O[C@H](CO)[C@H](O)[C@H](O)[C@H]1O)[C@H](O)CO)Cc1ccccc1. The predicted molar refractivity (Wildman–Crippen MR) is 289 cm³/mol. The Morgan fingerprint density at radius 1 is 0.548 bits per heavy atom. The minimum Gasteiger partial charge on any atom is -0.463 e. The number of benzene rings is 2. The second-order valence-electron chi connectivity index (χ2n) is 21.2. The van der Waals surface area contributed by atoms with Crippen molar-refractivity contribution < 1.29 is 127 Å². The monoisotopic (exact) mass is 1200 g/mol. The van der Waals surface area contributed by atoms with Crippen LogP contribution in [0, 0.1) is 23.7 Å². The number of ether oxygens (including phenoxy) is 10. The van der Waals surface area contributed by atoms with Gasteiger partial charge in [-0.25, -0.2) is 0 Å². The fourth-order valence-corrected chi connectivity index (χ4v) is 9.56. The highest BCUT2D eigenvalue weighted by Gasteiger charge is 2.52. The van der Waals surface area contributed by atoms with Crippen LogP contribution >= 0.6 is 0 Å². The van der Waals surface area contributed by atoms with Gasteiger partial charge in [-0.1, -0.05) is 88.4 Å². The number of hydrogen-bond donors (Lipinski definition) is 8.